The summed E-state index contributed by atoms with van der Waals surface area (Å²) in [6, 6.07) is 4.26. The van der Waals surface area contributed by atoms with Crippen LogP contribution in [0.3, 0.4) is 0 Å². The van der Waals surface area contributed by atoms with Gasteiger partial charge >= 0.3 is 0 Å². The Balaban J connectivity index is 1.77. The number of likely N-dealkylation sites (N-methyl/N-ethyl adjacent to an activating group) is 1. The molecule has 0 spiro atoms. The Morgan fingerprint density at radius 3 is 2.94 bits per heavy atom. The predicted octanol–water partition coefficient (Wildman–Crippen LogP) is 1.75. The van der Waals surface area contributed by atoms with Gasteiger partial charge in [0.2, 0.25) is 5.91 Å². The first kappa shape index (κ1) is 11.7. The van der Waals surface area contributed by atoms with Gasteiger partial charge in [0.15, 0.2) is 4.67 Å². The number of carbonyl (C=O) groups is 1. The molecular weight excluding hydrogens is 272 g/mol. The van der Waals surface area contributed by atoms with Gasteiger partial charge in [0, 0.05) is 13.1 Å². The molecule has 0 radical (unpaired) electrons. The highest BCUT2D eigenvalue weighted by Crippen LogP contribution is 2.18. The Morgan fingerprint density at radius 2 is 2.38 bits per heavy atom. The van der Waals surface area contributed by atoms with Gasteiger partial charge in [-0.05, 0) is 40.9 Å². The second-order valence-corrected chi connectivity index (χ2v) is 4.89. The third kappa shape index (κ3) is 3.35. The molecule has 1 N–H and O–H groups in total. The topological polar surface area (TPSA) is 45.5 Å². The maximum absolute atomic E-state index is 11.7. The van der Waals surface area contributed by atoms with Gasteiger partial charge in [-0.3, -0.25) is 4.79 Å². The third-order valence-electron chi connectivity index (χ3n) is 2.57. The van der Waals surface area contributed by atoms with Crippen LogP contribution in [0.4, 0.5) is 0 Å². The van der Waals surface area contributed by atoms with Gasteiger partial charge in [0.1, 0.15) is 5.76 Å². The molecule has 0 unspecified atom stereocenters. The van der Waals surface area contributed by atoms with Crippen LogP contribution in [0.5, 0.6) is 0 Å². The molecule has 88 valence electrons. The fraction of sp³-hybridized carbons (Fsp3) is 0.545. The summed E-state index contributed by atoms with van der Waals surface area (Å²) in [5, 5.41) is 3.20. The molecule has 0 bridgehead atoms. The Labute approximate surface area is 103 Å². The van der Waals surface area contributed by atoms with Crippen LogP contribution in [-0.4, -0.2) is 30.4 Å². The standard InChI is InChI=1S/C11H15BrN2O2/c1-14(7-9-4-5-10(12)16-9)11(15)6-13-8-2-3-8/h4-5,8,13H,2-3,6-7H2,1H3. The Morgan fingerprint density at radius 1 is 1.62 bits per heavy atom. The summed E-state index contributed by atoms with van der Waals surface area (Å²) in [6.07, 6.45) is 2.39. The molecule has 1 aromatic heterocycles. The van der Waals surface area contributed by atoms with Crippen molar-refractivity contribution in [2.75, 3.05) is 13.6 Å². The fourth-order valence-corrected chi connectivity index (χ4v) is 1.75. The second kappa shape index (κ2) is 5.01. The van der Waals surface area contributed by atoms with Crippen molar-refractivity contribution in [3.8, 4) is 0 Å². The van der Waals surface area contributed by atoms with E-state index in [4.69, 9.17) is 4.42 Å². The maximum atomic E-state index is 11.7. The lowest BCUT2D eigenvalue weighted by molar-refractivity contribution is -0.129. The van der Waals surface area contributed by atoms with Gasteiger partial charge in [-0.1, -0.05) is 0 Å². The highest BCUT2D eigenvalue weighted by atomic mass is 79.9. The number of carbonyl (C=O) groups excluding carboxylic acids is 1. The minimum atomic E-state index is 0.0967. The van der Waals surface area contributed by atoms with Crippen molar-refractivity contribution in [2.24, 2.45) is 0 Å². The predicted molar refractivity (Wildman–Crippen MR) is 63.9 cm³/mol. The molecule has 0 atom stereocenters. The van der Waals surface area contributed by atoms with Gasteiger partial charge in [-0.25, -0.2) is 0 Å². The van der Waals surface area contributed by atoms with Gasteiger partial charge in [-0.15, -0.1) is 0 Å². The molecule has 0 saturated heterocycles. The van der Waals surface area contributed by atoms with Crippen molar-refractivity contribution in [2.45, 2.75) is 25.4 Å². The molecule has 1 aliphatic carbocycles. The zero-order chi connectivity index (χ0) is 11.5. The molecular formula is C11H15BrN2O2. The molecule has 16 heavy (non-hydrogen) atoms. The summed E-state index contributed by atoms with van der Waals surface area (Å²) in [7, 11) is 1.79. The van der Waals surface area contributed by atoms with Crippen LogP contribution < -0.4 is 5.32 Å². The summed E-state index contributed by atoms with van der Waals surface area (Å²) >= 11 is 3.23. The van der Waals surface area contributed by atoms with E-state index in [2.05, 4.69) is 21.2 Å². The van der Waals surface area contributed by atoms with Gasteiger partial charge in [-0.2, -0.15) is 0 Å². The second-order valence-electron chi connectivity index (χ2n) is 4.11. The lowest BCUT2D eigenvalue weighted by Crippen LogP contribution is -2.35. The van der Waals surface area contributed by atoms with E-state index in [0.717, 1.165) is 5.76 Å². The summed E-state index contributed by atoms with van der Waals surface area (Å²) in [5.74, 6) is 0.883. The largest absolute Gasteiger partial charge is 0.452 e. The van der Waals surface area contributed by atoms with E-state index < -0.39 is 0 Å². The monoisotopic (exact) mass is 286 g/mol. The first-order valence-electron chi connectivity index (χ1n) is 5.36. The van der Waals surface area contributed by atoms with E-state index in [-0.39, 0.29) is 5.91 Å². The first-order valence-corrected chi connectivity index (χ1v) is 6.16. The number of hydrogen-bond donors (Lipinski definition) is 1. The molecule has 0 aromatic carbocycles. The fourth-order valence-electron chi connectivity index (χ4n) is 1.41. The van der Waals surface area contributed by atoms with E-state index >= 15 is 0 Å². The SMILES string of the molecule is CN(Cc1ccc(Br)o1)C(=O)CNC1CC1. The molecule has 1 saturated carbocycles. The first-order chi connectivity index (χ1) is 7.65. The average molecular weight is 287 g/mol. The van der Waals surface area contributed by atoms with Crippen molar-refractivity contribution >= 4 is 21.8 Å². The van der Waals surface area contributed by atoms with Crippen molar-refractivity contribution in [3.05, 3.63) is 22.6 Å². The van der Waals surface area contributed by atoms with Crippen molar-refractivity contribution < 1.29 is 9.21 Å². The highest BCUT2D eigenvalue weighted by molar-refractivity contribution is 9.10. The van der Waals surface area contributed by atoms with Gasteiger partial charge in [0.05, 0.1) is 13.1 Å². The zero-order valence-corrected chi connectivity index (χ0v) is 10.8. The molecule has 0 aliphatic heterocycles. The van der Waals surface area contributed by atoms with E-state index in [1.807, 2.05) is 12.1 Å². The molecule has 1 aliphatic rings. The quantitative estimate of drug-likeness (QED) is 0.897. The smallest absolute Gasteiger partial charge is 0.236 e. The van der Waals surface area contributed by atoms with Crippen LogP contribution in [0.2, 0.25) is 0 Å². The Hall–Kier alpha value is -0.810. The Bertz CT molecular complexity index is 374. The minimum Gasteiger partial charge on any atom is -0.452 e. The molecule has 1 heterocycles. The van der Waals surface area contributed by atoms with Crippen LogP contribution in [0, 0.1) is 0 Å². The van der Waals surface area contributed by atoms with Crippen molar-refractivity contribution in [3.63, 3.8) is 0 Å². The average Bonchev–Trinajstić information content (AvgIpc) is 2.99. The van der Waals surface area contributed by atoms with Crippen LogP contribution >= 0.6 is 15.9 Å². The van der Waals surface area contributed by atoms with Crippen LogP contribution in [0.1, 0.15) is 18.6 Å². The molecule has 2 rings (SSSR count). The van der Waals surface area contributed by atoms with Crippen LogP contribution in [0.25, 0.3) is 0 Å². The third-order valence-corrected chi connectivity index (χ3v) is 2.99. The lowest BCUT2D eigenvalue weighted by Gasteiger charge is -2.15. The van der Waals surface area contributed by atoms with Crippen LogP contribution in [-0.2, 0) is 11.3 Å². The lowest BCUT2D eigenvalue weighted by atomic mass is 10.4. The maximum Gasteiger partial charge on any atom is 0.236 e. The summed E-state index contributed by atoms with van der Waals surface area (Å²) in [6.45, 7) is 0.930. The minimum absolute atomic E-state index is 0.0967. The Kier molecular flexibility index (Phi) is 3.66. The van der Waals surface area contributed by atoms with E-state index in [9.17, 15) is 4.79 Å². The van der Waals surface area contributed by atoms with Gasteiger partial charge < -0.3 is 14.6 Å². The van der Waals surface area contributed by atoms with Gasteiger partial charge in [0.25, 0.3) is 0 Å². The number of nitrogens with one attached hydrogen (secondary N) is 1. The summed E-state index contributed by atoms with van der Waals surface area (Å²) in [5.41, 5.74) is 0. The van der Waals surface area contributed by atoms with E-state index in [1.54, 1.807) is 11.9 Å². The normalized spacial score (nSPS) is 15.1. The van der Waals surface area contributed by atoms with Crippen molar-refractivity contribution in [1.82, 2.24) is 10.2 Å². The molecule has 1 fully saturated rings. The molecule has 5 heteroatoms. The molecule has 4 nitrogen and oxygen atoms in total. The van der Waals surface area contributed by atoms with E-state index in [0.29, 0.717) is 23.8 Å². The van der Waals surface area contributed by atoms with Crippen molar-refractivity contribution in [1.29, 1.82) is 0 Å². The summed E-state index contributed by atoms with van der Waals surface area (Å²) in [4.78, 5) is 13.4. The summed E-state index contributed by atoms with van der Waals surface area (Å²) < 4.78 is 6.04. The highest BCUT2D eigenvalue weighted by Gasteiger charge is 2.22. The number of amides is 1. The number of hydrogen-bond acceptors (Lipinski definition) is 3. The number of rotatable bonds is 5. The number of nitrogens with zero attached hydrogens (tertiary/aromatic N) is 1. The molecule has 1 amide bonds. The van der Waals surface area contributed by atoms with E-state index in [1.165, 1.54) is 12.8 Å². The number of halogens is 1. The molecule has 1 aromatic rings. The number of furan rings is 1. The zero-order valence-electron chi connectivity index (χ0n) is 9.20. The van der Waals surface area contributed by atoms with Crippen LogP contribution in [0.15, 0.2) is 21.2 Å².